The predicted molar refractivity (Wildman–Crippen MR) is 449 cm³/mol. The van der Waals surface area contributed by atoms with Crippen molar-refractivity contribution in [3.05, 3.63) is 229 Å². The van der Waals surface area contributed by atoms with Crippen molar-refractivity contribution in [1.82, 2.24) is 56.3 Å². The normalized spacial score (nSPS) is 16.3. The molecule has 3 fully saturated rings. The van der Waals surface area contributed by atoms with E-state index in [0.29, 0.717) is 54.8 Å². The highest BCUT2D eigenvalue weighted by Gasteiger charge is 2.64. The molecular formula is C79H78B3BrCl5F3N12O13. The van der Waals surface area contributed by atoms with Crippen LogP contribution in [0.4, 0.5) is 18.9 Å². The lowest BCUT2D eigenvalue weighted by Crippen LogP contribution is -2.41. The summed E-state index contributed by atoms with van der Waals surface area (Å²) in [6, 6.07) is 44.7. The minimum atomic E-state index is -5.08. The number of halogens is 9. The minimum absolute atomic E-state index is 0.0510. The van der Waals surface area contributed by atoms with Crippen molar-refractivity contribution in [3.8, 4) is 17.0 Å². The number of nitrogen functional groups attached to an aromatic ring is 1. The van der Waals surface area contributed by atoms with E-state index in [0.717, 1.165) is 80.8 Å². The largest absolute Gasteiger partial charge is 0.497 e. The van der Waals surface area contributed by atoms with E-state index in [9.17, 15) is 27.9 Å². The number of ether oxygens (including phenoxy) is 1. The number of nitrogens with zero attached hydrogens (tertiary/aromatic N) is 8. The number of carbonyl (C=O) groups is 3. The van der Waals surface area contributed by atoms with Gasteiger partial charge in [-0.1, -0.05) is 112 Å². The molecule has 6 aromatic heterocycles. The zero-order chi connectivity index (χ0) is 84.8. The van der Waals surface area contributed by atoms with Gasteiger partial charge in [0, 0.05) is 92.5 Å². The second-order valence-corrected chi connectivity index (χ2v) is 32.6. The number of carboxylic acid groups (broad SMARTS) is 3. The number of nitrogens with two attached hydrogens (primary N) is 1. The van der Waals surface area contributed by atoms with Crippen LogP contribution in [-0.4, -0.2) is 141 Å². The minimum Gasteiger partial charge on any atom is -0.497 e. The van der Waals surface area contributed by atoms with Crippen molar-refractivity contribution in [3.63, 3.8) is 0 Å². The number of aromatic carboxylic acids is 1. The smallest absolute Gasteiger partial charge is 0.496 e. The third-order valence-electron chi connectivity index (χ3n) is 19.6. The topological polar surface area (TPSA) is 334 Å². The Hall–Kier alpha value is -9.51. The Kier molecular flexibility index (Phi) is 27.7. The molecule has 0 saturated carbocycles. The van der Waals surface area contributed by atoms with Crippen LogP contribution in [-0.2, 0) is 44.1 Å². The quantitative estimate of drug-likeness (QED) is 0.0660. The summed E-state index contributed by atoms with van der Waals surface area (Å²) in [5.41, 5.74) is 20.0. The molecule has 8 N–H and O–H groups in total. The van der Waals surface area contributed by atoms with Crippen molar-refractivity contribution >= 4 is 184 Å². The molecule has 0 aliphatic carbocycles. The van der Waals surface area contributed by atoms with Crippen molar-refractivity contribution in [2.45, 2.75) is 129 Å². The van der Waals surface area contributed by atoms with Crippen LogP contribution < -0.4 is 32.3 Å². The maximum Gasteiger partial charge on any atom is 0.496 e. The molecule has 3 saturated heterocycles. The zero-order valence-corrected chi connectivity index (χ0v) is 70.0. The fraction of sp³-hybridized carbons (Fsp3) is 0.266. The van der Waals surface area contributed by atoms with E-state index in [1.165, 1.54) is 0 Å². The molecule has 10 heterocycles. The number of aromatic nitrogens is 8. The third-order valence-corrected chi connectivity index (χ3v) is 21.2. The summed E-state index contributed by atoms with van der Waals surface area (Å²) in [4.78, 5) is 53.1. The van der Waals surface area contributed by atoms with Gasteiger partial charge in [-0.25, -0.2) is 19.1 Å². The molecule has 6 aromatic carbocycles. The Labute approximate surface area is 699 Å². The highest BCUT2D eigenvalue weighted by Crippen LogP contribution is 2.44. The number of carboxylic acids is 3. The molecule has 16 rings (SSSR count). The predicted octanol–water partition coefficient (Wildman–Crippen LogP) is 17.3. The first kappa shape index (κ1) is 88.9. The summed E-state index contributed by atoms with van der Waals surface area (Å²) in [5.74, 6) is -4.21. The molecule has 116 heavy (non-hydrogen) atoms. The molecule has 604 valence electrons. The van der Waals surface area contributed by atoms with Crippen LogP contribution in [0.5, 0.6) is 5.75 Å². The summed E-state index contributed by atoms with van der Waals surface area (Å²) in [7, 11) is 0.267. The number of hydrazine groups is 2. The van der Waals surface area contributed by atoms with Gasteiger partial charge in [0.05, 0.1) is 92.4 Å². The number of benzene rings is 6. The maximum atomic E-state index is 11.7. The zero-order valence-electron chi connectivity index (χ0n) is 64.7. The number of nitrogens with one attached hydrogen (secondary N) is 3. The Morgan fingerprint density at radius 3 is 1.30 bits per heavy atom. The molecule has 0 atom stereocenters. The van der Waals surface area contributed by atoms with Crippen molar-refractivity contribution in [2.75, 3.05) is 12.8 Å². The summed E-state index contributed by atoms with van der Waals surface area (Å²) in [6.07, 6.45) is 3.30. The third kappa shape index (κ3) is 21.8. The number of alkyl halides is 3. The van der Waals surface area contributed by atoms with Gasteiger partial charge in [0.25, 0.3) is 0 Å². The van der Waals surface area contributed by atoms with Crippen LogP contribution in [0.3, 0.4) is 0 Å². The number of rotatable bonds is 9. The van der Waals surface area contributed by atoms with Gasteiger partial charge < -0.3 is 59.1 Å². The molecule has 0 amide bonds. The van der Waals surface area contributed by atoms with Crippen molar-refractivity contribution in [1.29, 1.82) is 0 Å². The highest BCUT2D eigenvalue weighted by molar-refractivity contribution is 9.10. The van der Waals surface area contributed by atoms with E-state index in [2.05, 4.69) is 67.5 Å². The van der Waals surface area contributed by atoms with Gasteiger partial charge in [-0.3, -0.25) is 30.3 Å². The van der Waals surface area contributed by atoms with E-state index < -0.39 is 38.1 Å². The van der Waals surface area contributed by atoms with Crippen molar-refractivity contribution < 1.29 is 75.5 Å². The van der Waals surface area contributed by atoms with Crippen LogP contribution in [0.15, 0.2) is 187 Å². The van der Waals surface area contributed by atoms with E-state index in [1.54, 1.807) is 67.0 Å². The molecule has 25 nitrogen and oxygen atoms in total. The highest BCUT2D eigenvalue weighted by atomic mass is 79.9. The standard InChI is InChI=1S/C20H15ClN4O3.C15H17BClNO2.C12H24B2O4.C12H9ClN4O2.C9H5BrClN.C9H7ClN2.C2HF3O2/c1-28-16-6-2-12(3-7-16)11-25-19(18(20(26)27)23-24-25)14-8-13-4-5-15(21)9-17(13)22-10-14;1-14(2)15(3,4)20-16(19-14)11-7-10-5-6-12(17)8-13(10)18-9-11;1-9(2)10(3,4)16-13(15-9)14-17-11(5,6)12(7,8)18-14;13-8-2-1-6-3-7(5-14-9(6)4-8)10-11(12(18)19)16-17-15-10;10-7-3-6-1-2-8(11)4-9(6)12-5-7;10-7-2-1-6-3-8(11)5-12-9(6)4-7;3-2(4,5)1(6)7/h2-10H,11H2,1H3,(H,26,27);5-9H,1-4H3;1-8H3;1-5,15-17H,(H,18,19);1-5H;1-5H,11H2;(H,6,7). The average Bonchev–Trinajstić information content (AvgIpc) is 1.58. The molecule has 0 bridgehead atoms. The number of anilines is 1. The molecule has 0 spiro atoms. The Morgan fingerprint density at radius 1 is 0.500 bits per heavy atom. The van der Waals surface area contributed by atoms with Crippen molar-refractivity contribution in [2.24, 2.45) is 0 Å². The van der Waals surface area contributed by atoms with Gasteiger partial charge in [-0.2, -0.15) is 13.2 Å². The molecule has 0 radical (unpaired) electrons. The molecule has 4 aliphatic heterocycles. The number of methoxy groups -OCH3 is 1. The SMILES string of the molecule is CC1(C)OB(B2OC(C)(C)C(C)(C)O2)OC1(C)C.CC1(C)OB(c2cnc3cc(Cl)ccc3c2)OC1(C)C.COc1ccc(Cn2nnc(C(=O)O)c2-c2cnc3cc(Cl)ccc3c2)cc1.Clc1ccc2cc(Br)cnc2c1.Nc1cnc2cc(Cl)ccc2c1.O=C(O)C(F)(F)F.O=C(O)C1=C(c2cnc3cc(Cl)ccc3c2)NNN1. The summed E-state index contributed by atoms with van der Waals surface area (Å²) < 4.78 is 75.4. The van der Waals surface area contributed by atoms with Crippen LogP contribution in [0.1, 0.15) is 105 Å². The number of aliphatic carboxylic acids is 2. The average molecular weight is 1750 g/mol. The second-order valence-electron chi connectivity index (χ2n) is 29.5. The number of fused-ring (bicyclic) bond motifs is 5. The van der Waals surface area contributed by atoms with Gasteiger partial charge in [-0.15, -0.1) is 10.6 Å². The van der Waals surface area contributed by atoms with E-state index >= 15 is 0 Å². The first-order valence-corrected chi connectivity index (χ1v) is 38.1. The van der Waals surface area contributed by atoms with Crippen LogP contribution >= 0.6 is 73.9 Å². The van der Waals surface area contributed by atoms with Gasteiger partial charge in [0.15, 0.2) is 11.4 Å². The van der Waals surface area contributed by atoms with Gasteiger partial charge in [-0.05, 0) is 207 Å². The van der Waals surface area contributed by atoms with Crippen LogP contribution in [0.25, 0.3) is 71.5 Å². The maximum absolute atomic E-state index is 11.7. The molecule has 0 unspecified atom stereocenters. The summed E-state index contributed by atoms with van der Waals surface area (Å²) in [6.45, 7) is 24.7. The Bertz CT molecular complexity index is 5440. The van der Waals surface area contributed by atoms with Crippen LogP contribution in [0, 0.1) is 0 Å². The molecule has 37 heteroatoms. The molecule has 4 aliphatic rings. The van der Waals surface area contributed by atoms with E-state index in [-0.39, 0.29) is 52.1 Å². The first-order valence-electron chi connectivity index (χ1n) is 35.4. The fourth-order valence-electron chi connectivity index (χ4n) is 11.3. The van der Waals surface area contributed by atoms with Gasteiger partial charge >= 0.3 is 45.2 Å². The number of pyridine rings is 5. The lowest BCUT2D eigenvalue weighted by atomic mass is 9.49. The van der Waals surface area contributed by atoms with E-state index in [4.69, 9.17) is 111 Å². The number of hydrogen-bond acceptors (Lipinski definition) is 21. The first-order chi connectivity index (χ1) is 54.3. The van der Waals surface area contributed by atoms with E-state index in [1.807, 2.05) is 204 Å². The lowest BCUT2D eigenvalue weighted by Gasteiger charge is -2.32. The lowest BCUT2D eigenvalue weighted by molar-refractivity contribution is -0.192. The van der Waals surface area contributed by atoms with Crippen LogP contribution in [0.2, 0.25) is 25.1 Å². The van der Waals surface area contributed by atoms with Gasteiger partial charge in [0.1, 0.15) is 11.4 Å². The second kappa shape index (κ2) is 36.2. The Morgan fingerprint density at radius 2 is 0.879 bits per heavy atom. The monoisotopic (exact) mass is 1750 g/mol. The molecule has 12 aromatic rings. The summed E-state index contributed by atoms with van der Waals surface area (Å²) in [5, 5.41) is 41.8. The Balaban J connectivity index is 0.000000147. The summed E-state index contributed by atoms with van der Waals surface area (Å²) >= 11 is 32.8. The fourth-order valence-corrected chi connectivity index (χ4v) is 12.5. The number of hydrogen-bond donors (Lipinski definition) is 7. The van der Waals surface area contributed by atoms with Gasteiger partial charge in [0.2, 0.25) is 0 Å². The molecular weight excluding hydrogens is 1670 g/mol.